The van der Waals surface area contributed by atoms with Crippen molar-refractivity contribution in [2.45, 2.75) is 38.8 Å². The lowest BCUT2D eigenvalue weighted by atomic mass is 10.2. The highest BCUT2D eigenvalue weighted by molar-refractivity contribution is 5.85. The molecule has 108 valence electrons. The smallest absolute Gasteiger partial charge is 0.354 e. The zero-order chi connectivity index (χ0) is 14.5. The first-order valence-corrected chi connectivity index (χ1v) is 6.82. The molecule has 2 atom stereocenters. The van der Waals surface area contributed by atoms with Crippen molar-refractivity contribution in [3.8, 4) is 0 Å². The number of hydrogen-bond donors (Lipinski definition) is 3. The van der Waals surface area contributed by atoms with Crippen molar-refractivity contribution in [3.05, 3.63) is 29.6 Å². The highest BCUT2D eigenvalue weighted by Crippen LogP contribution is 2.34. The highest BCUT2D eigenvalue weighted by Gasteiger charge is 2.36. The van der Waals surface area contributed by atoms with Crippen LogP contribution < -0.4 is 10.6 Å². The van der Waals surface area contributed by atoms with Gasteiger partial charge in [-0.1, -0.05) is 19.4 Å². The number of carbonyl (C=O) groups is 2. The SMILES string of the molecule is CCCC1CC1NC(=O)NCc1ccc(C(=O)O)nc1. The normalized spacial score (nSPS) is 20.2. The topological polar surface area (TPSA) is 91.3 Å². The van der Waals surface area contributed by atoms with E-state index in [0.29, 0.717) is 18.5 Å². The summed E-state index contributed by atoms with van der Waals surface area (Å²) in [5.41, 5.74) is 0.768. The minimum atomic E-state index is -1.06. The fraction of sp³-hybridized carbons (Fsp3) is 0.500. The minimum absolute atomic E-state index is 0.00131. The molecule has 1 aliphatic rings. The number of carboxylic acids is 1. The van der Waals surface area contributed by atoms with E-state index in [1.807, 2.05) is 0 Å². The van der Waals surface area contributed by atoms with Gasteiger partial charge in [0.05, 0.1) is 0 Å². The average molecular weight is 277 g/mol. The Balaban J connectivity index is 1.72. The standard InChI is InChI=1S/C14H19N3O3/c1-2-3-10-6-12(10)17-14(20)16-8-9-4-5-11(13(18)19)15-7-9/h4-5,7,10,12H,2-3,6,8H2,1H3,(H,18,19)(H2,16,17,20). The lowest BCUT2D eigenvalue weighted by Gasteiger charge is -2.07. The number of urea groups is 1. The number of nitrogens with zero attached hydrogens (tertiary/aromatic N) is 1. The average Bonchev–Trinajstić information content (AvgIpc) is 3.15. The molecule has 0 saturated heterocycles. The number of aromatic carboxylic acids is 1. The van der Waals surface area contributed by atoms with Gasteiger partial charge < -0.3 is 15.7 Å². The molecule has 0 bridgehead atoms. The number of carbonyl (C=O) groups excluding carboxylic acids is 1. The molecule has 0 aliphatic heterocycles. The number of pyridine rings is 1. The number of nitrogens with one attached hydrogen (secondary N) is 2. The van der Waals surface area contributed by atoms with Crippen molar-refractivity contribution in [3.63, 3.8) is 0 Å². The van der Waals surface area contributed by atoms with Gasteiger partial charge in [0.15, 0.2) is 0 Å². The van der Waals surface area contributed by atoms with E-state index in [2.05, 4.69) is 22.5 Å². The molecule has 0 radical (unpaired) electrons. The molecule has 6 heteroatoms. The van der Waals surface area contributed by atoms with Crippen LogP contribution in [0.15, 0.2) is 18.3 Å². The third kappa shape index (κ3) is 3.94. The van der Waals surface area contributed by atoms with Crippen LogP contribution in [0.3, 0.4) is 0 Å². The molecule has 1 fully saturated rings. The fourth-order valence-corrected chi connectivity index (χ4v) is 2.17. The molecule has 20 heavy (non-hydrogen) atoms. The maximum absolute atomic E-state index is 11.7. The number of aromatic nitrogens is 1. The molecule has 6 nitrogen and oxygen atoms in total. The third-order valence-corrected chi connectivity index (χ3v) is 3.40. The Morgan fingerprint density at radius 2 is 2.25 bits per heavy atom. The molecule has 2 unspecified atom stereocenters. The fourth-order valence-electron chi connectivity index (χ4n) is 2.17. The van der Waals surface area contributed by atoms with Gasteiger partial charge in [-0.25, -0.2) is 14.6 Å². The summed E-state index contributed by atoms with van der Waals surface area (Å²) in [6, 6.07) is 3.20. The molecule has 2 rings (SSSR count). The van der Waals surface area contributed by atoms with Gasteiger partial charge in [0.1, 0.15) is 5.69 Å². The van der Waals surface area contributed by atoms with Crippen LogP contribution in [0.25, 0.3) is 0 Å². The maximum atomic E-state index is 11.7. The molecular weight excluding hydrogens is 258 g/mol. The van der Waals surface area contributed by atoms with Crippen molar-refractivity contribution in [1.29, 1.82) is 0 Å². The Bertz CT molecular complexity index is 487. The molecule has 3 N–H and O–H groups in total. The first-order valence-electron chi connectivity index (χ1n) is 6.82. The number of amides is 2. The number of carboxylic acid groups (broad SMARTS) is 1. The molecule has 1 saturated carbocycles. The Morgan fingerprint density at radius 3 is 2.85 bits per heavy atom. The molecule has 1 aromatic rings. The zero-order valence-electron chi connectivity index (χ0n) is 11.4. The second kappa shape index (κ2) is 6.36. The second-order valence-electron chi connectivity index (χ2n) is 5.07. The van der Waals surface area contributed by atoms with Crippen LogP contribution in [0.5, 0.6) is 0 Å². The Kier molecular flexibility index (Phi) is 4.55. The zero-order valence-corrected chi connectivity index (χ0v) is 11.4. The van der Waals surface area contributed by atoms with Gasteiger partial charge in [-0.3, -0.25) is 0 Å². The molecule has 1 aliphatic carbocycles. The Hall–Kier alpha value is -2.11. The van der Waals surface area contributed by atoms with E-state index in [-0.39, 0.29) is 11.7 Å². The van der Waals surface area contributed by atoms with Crippen molar-refractivity contribution in [1.82, 2.24) is 15.6 Å². The summed E-state index contributed by atoms with van der Waals surface area (Å²) < 4.78 is 0. The van der Waals surface area contributed by atoms with Crippen molar-refractivity contribution < 1.29 is 14.7 Å². The van der Waals surface area contributed by atoms with E-state index >= 15 is 0 Å². The van der Waals surface area contributed by atoms with E-state index in [9.17, 15) is 9.59 Å². The van der Waals surface area contributed by atoms with E-state index in [0.717, 1.165) is 24.8 Å². The van der Waals surface area contributed by atoms with Crippen LogP contribution in [0.2, 0.25) is 0 Å². The molecule has 0 spiro atoms. The van der Waals surface area contributed by atoms with Crippen LogP contribution in [-0.4, -0.2) is 28.1 Å². The summed E-state index contributed by atoms with van der Waals surface area (Å²) in [4.78, 5) is 26.1. The molecular formula is C14H19N3O3. The molecule has 2 amide bonds. The van der Waals surface area contributed by atoms with Crippen LogP contribution in [0, 0.1) is 5.92 Å². The highest BCUT2D eigenvalue weighted by atomic mass is 16.4. The van der Waals surface area contributed by atoms with E-state index < -0.39 is 5.97 Å². The predicted molar refractivity (Wildman–Crippen MR) is 73.4 cm³/mol. The summed E-state index contributed by atoms with van der Waals surface area (Å²) in [5.74, 6) is -0.430. The van der Waals surface area contributed by atoms with Crippen LogP contribution in [0.4, 0.5) is 4.79 Å². The van der Waals surface area contributed by atoms with Gasteiger partial charge in [0.25, 0.3) is 0 Å². The maximum Gasteiger partial charge on any atom is 0.354 e. The lowest BCUT2D eigenvalue weighted by Crippen LogP contribution is -2.37. The van der Waals surface area contributed by atoms with Gasteiger partial charge in [-0.2, -0.15) is 0 Å². The summed E-state index contributed by atoms with van der Waals surface area (Å²) in [5, 5.41) is 14.4. The van der Waals surface area contributed by atoms with E-state index in [1.54, 1.807) is 6.07 Å². The number of rotatable bonds is 6. The van der Waals surface area contributed by atoms with Gasteiger partial charge >= 0.3 is 12.0 Å². The summed E-state index contributed by atoms with van der Waals surface area (Å²) in [6.07, 6.45) is 4.83. The minimum Gasteiger partial charge on any atom is -0.477 e. The lowest BCUT2D eigenvalue weighted by molar-refractivity contribution is 0.0690. The Morgan fingerprint density at radius 1 is 1.45 bits per heavy atom. The summed E-state index contributed by atoms with van der Waals surface area (Å²) in [6.45, 7) is 2.48. The van der Waals surface area contributed by atoms with E-state index in [4.69, 9.17) is 5.11 Å². The summed E-state index contributed by atoms with van der Waals surface area (Å²) in [7, 11) is 0. The van der Waals surface area contributed by atoms with Crippen LogP contribution in [-0.2, 0) is 6.54 Å². The van der Waals surface area contributed by atoms with Gasteiger partial charge in [-0.15, -0.1) is 0 Å². The van der Waals surface area contributed by atoms with Gasteiger partial charge in [0.2, 0.25) is 0 Å². The monoisotopic (exact) mass is 277 g/mol. The first-order chi connectivity index (χ1) is 9.60. The molecule has 0 aromatic carbocycles. The molecule has 1 heterocycles. The van der Waals surface area contributed by atoms with Crippen LogP contribution >= 0.6 is 0 Å². The second-order valence-corrected chi connectivity index (χ2v) is 5.07. The quantitative estimate of drug-likeness (QED) is 0.739. The van der Waals surface area contributed by atoms with Crippen molar-refractivity contribution >= 4 is 12.0 Å². The first kappa shape index (κ1) is 14.3. The van der Waals surface area contributed by atoms with Crippen LogP contribution in [0.1, 0.15) is 42.2 Å². The summed E-state index contributed by atoms with van der Waals surface area (Å²) >= 11 is 0. The largest absolute Gasteiger partial charge is 0.477 e. The van der Waals surface area contributed by atoms with Crippen molar-refractivity contribution in [2.75, 3.05) is 0 Å². The predicted octanol–water partition coefficient (Wildman–Crippen LogP) is 1.77. The van der Waals surface area contributed by atoms with Gasteiger partial charge in [-0.05, 0) is 30.4 Å². The van der Waals surface area contributed by atoms with Crippen molar-refractivity contribution in [2.24, 2.45) is 5.92 Å². The Labute approximate surface area is 117 Å². The number of hydrogen-bond acceptors (Lipinski definition) is 3. The van der Waals surface area contributed by atoms with E-state index in [1.165, 1.54) is 12.3 Å². The van der Waals surface area contributed by atoms with Gasteiger partial charge in [0, 0.05) is 18.8 Å². The molecule has 1 aromatic heterocycles. The third-order valence-electron chi connectivity index (χ3n) is 3.40.